The van der Waals surface area contributed by atoms with Crippen molar-refractivity contribution in [2.45, 2.75) is 19.9 Å². The van der Waals surface area contributed by atoms with Crippen molar-refractivity contribution >= 4 is 34.4 Å². The van der Waals surface area contributed by atoms with E-state index in [9.17, 15) is 19.5 Å². The van der Waals surface area contributed by atoms with Crippen LogP contribution in [0.1, 0.15) is 25.5 Å². The lowest BCUT2D eigenvalue weighted by Crippen LogP contribution is -2.52. The molecule has 0 bridgehead atoms. The number of carbonyl (C=O) groups is 3. The number of aliphatic carboxylic acids is 1. The molecule has 3 heterocycles. The summed E-state index contributed by atoms with van der Waals surface area (Å²) in [6, 6.07) is 4.69. The molecule has 34 heavy (non-hydrogen) atoms. The van der Waals surface area contributed by atoms with Gasteiger partial charge in [-0.25, -0.2) is 0 Å². The van der Waals surface area contributed by atoms with Crippen molar-refractivity contribution < 1.29 is 24.2 Å². The first-order chi connectivity index (χ1) is 16.3. The number of amides is 2. The molecule has 1 aromatic carbocycles. The number of carbonyl (C=O) groups excluding carboxylic acids is 2. The molecule has 4 rings (SSSR count). The van der Waals surface area contributed by atoms with Crippen LogP contribution >= 0.6 is 0 Å². The second kappa shape index (κ2) is 10.5. The molecule has 1 atom stereocenters. The summed E-state index contributed by atoms with van der Waals surface area (Å²) < 4.78 is 5.31. The number of aromatic amines is 1. The Bertz CT molecular complexity index is 1040. The summed E-state index contributed by atoms with van der Waals surface area (Å²) in [5.74, 6) is -1.01. The molecular weight excluding hydrogens is 438 g/mol. The lowest BCUT2D eigenvalue weighted by atomic mass is 10.0. The van der Waals surface area contributed by atoms with Gasteiger partial charge in [0.15, 0.2) is 0 Å². The Hall–Kier alpha value is -2.95. The summed E-state index contributed by atoms with van der Waals surface area (Å²) in [6.45, 7) is 8.81. The van der Waals surface area contributed by atoms with E-state index in [-0.39, 0.29) is 17.7 Å². The molecule has 2 aliphatic rings. The molecule has 10 nitrogen and oxygen atoms in total. The minimum Gasteiger partial charge on any atom is -0.480 e. The molecule has 2 aromatic rings. The highest BCUT2D eigenvalue weighted by Crippen LogP contribution is 2.31. The van der Waals surface area contributed by atoms with E-state index in [0.29, 0.717) is 70.3 Å². The van der Waals surface area contributed by atoms with Gasteiger partial charge in [0, 0.05) is 73.5 Å². The molecule has 0 saturated carbocycles. The minimum atomic E-state index is -0.907. The molecule has 0 aliphatic carbocycles. The highest BCUT2D eigenvalue weighted by molar-refractivity contribution is 5.96. The van der Waals surface area contributed by atoms with Crippen molar-refractivity contribution in [1.29, 1.82) is 0 Å². The lowest BCUT2D eigenvalue weighted by molar-refractivity contribution is -0.145. The van der Waals surface area contributed by atoms with Gasteiger partial charge in [0.2, 0.25) is 11.8 Å². The molecule has 3 N–H and O–H groups in total. The number of nitrogens with one attached hydrogen (secondary N) is 2. The average molecular weight is 472 g/mol. The predicted octanol–water partition coefficient (Wildman–Crippen LogP) is 1.36. The Morgan fingerprint density at radius 1 is 1.09 bits per heavy atom. The van der Waals surface area contributed by atoms with Gasteiger partial charge in [-0.05, 0) is 12.1 Å². The number of morpholine rings is 1. The third-order valence-electron chi connectivity index (χ3n) is 6.53. The zero-order chi connectivity index (χ0) is 24.2. The zero-order valence-electron chi connectivity index (χ0n) is 19.7. The maximum absolute atomic E-state index is 12.5. The molecule has 2 aliphatic heterocycles. The molecule has 0 unspecified atom stereocenters. The van der Waals surface area contributed by atoms with Gasteiger partial charge in [-0.15, -0.1) is 0 Å². The smallest absolute Gasteiger partial charge is 0.325 e. The SMILES string of the molecule is CC(C)C(=O)Nc1ccc2c([C@@H](C(=O)O)N3CCN(CC(=O)N4CCOCC4)CC3)c[nH]c2c1. The van der Waals surface area contributed by atoms with Gasteiger partial charge < -0.3 is 25.0 Å². The predicted molar refractivity (Wildman–Crippen MR) is 128 cm³/mol. The lowest BCUT2D eigenvalue weighted by Gasteiger charge is -2.38. The van der Waals surface area contributed by atoms with Gasteiger partial charge in [0.1, 0.15) is 6.04 Å². The van der Waals surface area contributed by atoms with Crippen molar-refractivity contribution in [2.24, 2.45) is 5.92 Å². The van der Waals surface area contributed by atoms with Crippen LogP contribution in [-0.2, 0) is 19.1 Å². The van der Waals surface area contributed by atoms with Gasteiger partial charge in [0.05, 0.1) is 19.8 Å². The van der Waals surface area contributed by atoms with Crippen LogP contribution in [0.4, 0.5) is 5.69 Å². The van der Waals surface area contributed by atoms with Crippen molar-refractivity contribution in [3.8, 4) is 0 Å². The van der Waals surface area contributed by atoms with Crippen molar-refractivity contribution in [3.63, 3.8) is 0 Å². The van der Waals surface area contributed by atoms with E-state index in [1.807, 2.05) is 35.8 Å². The van der Waals surface area contributed by atoms with Gasteiger partial charge in [0.25, 0.3) is 0 Å². The number of hydrogen-bond donors (Lipinski definition) is 3. The number of carboxylic acids is 1. The van der Waals surface area contributed by atoms with Crippen LogP contribution in [0.25, 0.3) is 10.9 Å². The number of fused-ring (bicyclic) bond motifs is 1. The Morgan fingerprint density at radius 3 is 2.44 bits per heavy atom. The van der Waals surface area contributed by atoms with Gasteiger partial charge in [-0.2, -0.15) is 0 Å². The van der Waals surface area contributed by atoms with Crippen LogP contribution in [0, 0.1) is 5.92 Å². The van der Waals surface area contributed by atoms with Crippen LogP contribution < -0.4 is 5.32 Å². The monoisotopic (exact) mass is 471 g/mol. The zero-order valence-corrected chi connectivity index (χ0v) is 19.7. The summed E-state index contributed by atoms with van der Waals surface area (Å²) in [5, 5.41) is 13.8. The molecule has 1 aromatic heterocycles. The average Bonchev–Trinajstić information content (AvgIpc) is 3.23. The fourth-order valence-corrected chi connectivity index (χ4v) is 4.51. The van der Waals surface area contributed by atoms with Gasteiger partial charge in [-0.1, -0.05) is 19.9 Å². The van der Waals surface area contributed by atoms with E-state index in [1.165, 1.54) is 0 Å². The van der Waals surface area contributed by atoms with E-state index >= 15 is 0 Å². The van der Waals surface area contributed by atoms with Crippen LogP contribution in [0.15, 0.2) is 24.4 Å². The Balaban J connectivity index is 1.42. The molecule has 0 spiro atoms. The molecule has 0 radical (unpaired) electrons. The Morgan fingerprint density at radius 2 is 1.79 bits per heavy atom. The highest BCUT2D eigenvalue weighted by atomic mass is 16.5. The van der Waals surface area contributed by atoms with Gasteiger partial charge in [-0.3, -0.25) is 24.2 Å². The third-order valence-corrected chi connectivity index (χ3v) is 6.53. The Kier molecular flexibility index (Phi) is 7.50. The quantitative estimate of drug-likeness (QED) is 0.558. The number of carboxylic acid groups (broad SMARTS) is 1. The van der Waals surface area contributed by atoms with Crippen LogP contribution in [0.2, 0.25) is 0 Å². The first-order valence-corrected chi connectivity index (χ1v) is 11.8. The summed E-state index contributed by atoms with van der Waals surface area (Å²) in [7, 11) is 0. The van der Waals surface area contributed by atoms with Gasteiger partial charge >= 0.3 is 5.97 Å². The van der Waals surface area contributed by atoms with Crippen LogP contribution in [0.3, 0.4) is 0 Å². The minimum absolute atomic E-state index is 0.0699. The molecule has 2 amide bonds. The summed E-state index contributed by atoms with van der Waals surface area (Å²) in [6.07, 6.45) is 1.74. The standard InChI is InChI=1S/C24H33N5O5/c1-16(2)23(31)26-17-3-4-18-19(14-25-20(18)13-17)22(24(32)33)29-7-5-27(6-8-29)15-21(30)28-9-11-34-12-10-28/h3-4,13-14,16,22,25H,5-12,15H2,1-2H3,(H,26,31)(H,32,33)/t22-/m0/s1. The molecule has 10 heteroatoms. The Labute approximate surface area is 198 Å². The first kappa shape index (κ1) is 24.2. The number of H-pyrrole nitrogens is 1. The largest absolute Gasteiger partial charge is 0.480 e. The third kappa shape index (κ3) is 5.40. The number of ether oxygens (including phenoxy) is 1. The molecule has 184 valence electrons. The number of nitrogens with zero attached hydrogens (tertiary/aromatic N) is 3. The molecule has 2 saturated heterocycles. The fourth-order valence-electron chi connectivity index (χ4n) is 4.51. The van der Waals surface area contributed by atoms with Crippen molar-refractivity contribution in [2.75, 3.05) is 64.3 Å². The van der Waals surface area contributed by atoms with E-state index in [0.717, 1.165) is 10.9 Å². The van der Waals surface area contributed by atoms with Crippen LogP contribution in [-0.4, -0.2) is 102 Å². The maximum atomic E-state index is 12.5. The number of hydrogen-bond acceptors (Lipinski definition) is 6. The highest BCUT2D eigenvalue weighted by Gasteiger charge is 2.33. The number of rotatable bonds is 7. The summed E-state index contributed by atoms with van der Waals surface area (Å²) >= 11 is 0. The number of piperazine rings is 1. The second-order valence-corrected chi connectivity index (χ2v) is 9.19. The van der Waals surface area contributed by atoms with Crippen LogP contribution in [0.5, 0.6) is 0 Å². The molecule has 2 fully saturated rings. The molecular formula is C24H33N5O5. The topological polar surface area (TPSA) is 118 Å². The number of aromatic nitrogens is 1. The van der Waals surface area contributed by atoms with E-state index in [1.54, 1.807) is 12.3 Å². The number of anilines is 1. The van der Waals surface area contributed by atoms with E-state index < -0.39 is 12.0 Å². The van der Waals surface area contributed by atoms with Crippen molar-refractivity contribution in [3.05, 3.63) is 30.0 Å². The van der Waals surface area contributed by atoms with Crippen molar-refractivity contribution in [1.82, 2.24) is 19.7 Å². The fraction of sp³-hybridized carbons (Fsp3) is 0.542. The summed E-state index contributed by atoms with van der Waals surface area (Å²) in [5.41, 5.74) is 2.14. The van der Waals surface area contributed by atoms with E-state index in [4.69, 9.17) is 4.74 Å². The van der Waals surface area contributed by atoms with E-state index in [2.05, 4.69) is 15.2 Å². The maximum Gasteiger partial charge on any atom is 0.325 e. The summed E-state index contributed by atoms with van der Waals surface area (Å²) in [4.78, 5) is 45.9. The normalized spacial score (nSPS) is 18.9. The second-order valence-electron chi connectivity index (χ2n) is 9.19. The number of benzene rings is 1. The first-order valence-electron chi connectivity index (χ1n) is 11.8.